The van der Waals surface area contributed by atoms with Crippen LogP contribution in [0.15, 0.2) is 42.6 Å². The summed E-state index contributed by atoms with van der Waals surface area (Å²) in [6.45, 7) is 0.170. The van der Waals surface area contributed by atoms with Crippen LogP contribution in [0.5, 0.6) is 0 Å². The third kappa shape index (κ3) is 3.21. The second kappa shape index (κ2) is 5.51. The Balaban J connectivity index is 1.98. The zero-order valence-corrected chi connectivity index (χ0v) is 10.2. The highest BCUT2D eigenvalue weighted by Crippen LogP contribution is 2.12. The molecule has 18 heavy (non-hydrogen) atoms. The molecule has 2 rings (SSSR count). The van der Waals surface area contributed by atoms with E-state index in [9.17, 15) is 4.79 Å². The number of hydrogen-bond donors (Lipinski definition) is 1. The first-order valence-electron chi connectivity index (χ1n) is 5.28. The van der Waals surface area contributed by atoms with E-state index in [2.05, 4.69) is 4.98 Å². The molecule has 0 aliphatic heterocycles. The van der Waals surface area contributed by atoms with Crippen LogP contribution in [0, 0.1) is 0 Å². The van der Waals surface area contributed by atoms with Crippen LogP contribution in [-0.2, 0) is 11.3 Å². The van der Waals surface area contributed by atoms with Gasteiger partial charge in [0.1, 0.15) is 12.4 Å². The Morgan fingerprint density at radius 3 is 2.83 bits per heavy atom. The van der Waals surface area contributed by atoms with Gasteiger partial charge in [-0.05, 0) is 29.8 Å². The number of esters is 1. The van der Waals surface area contributed by atoms with Gasteiger partial charge in [0.2, 0.25) is 0 Å². The average Bonchev–Trinajstić information content (AvgIpc) is 2.37. The summed E-state index contributed by atoms with van der Waals surface area (Å²) in [5, 5.41) is 0.609. The molecule has 4 nitrogen and oxygen atoms in total. The highest BCUT2D eigenvalue weighted by Gasteiger charge is 2.07. The lowest BCUT2D eigenvalue weighted by molar-refractivity contribution is 0.0472. The normalized spacial score (nSPS) is 10.1. The van der Waals surface area contributed by atoms with Crippen molar-refractivity contribution in [2.24, 2.45) is 0 Å². The van der Waals surface area contributed by atoms with E-state index >= 15 is 0 Å². The van der Waals surface area contributed by atoms with Gasteiger partial charge in [0.05, 0.1) is 5.56 Å². The van der Waals surface area contributed by atoms with E-state index in [0.29, 0.717) is 16.4 Å². The SMILES string of the molecule is Nc1ccc(C(=O)OCc2cccc(Cl)c2)cn1. The maximum atomic E-state index is 11.7. The van der Waals surface area contributed by atoms with Crippen LogP contribution >= 0.6 is 11.6 Å². The Bertz CT molecular complexity index is 555. The minimum absolute atomic E-state index is 0.170. The van der Waals surface area contributed by atoms with E-state index in [1.807, 2.05) is 6.07 Å². The van der Waals surface area contributed by atoms with Crippen LogP contribution < -0.4 is 5.73 Å². The Morgan fingerprint density at radius 1 is 1.33 bits per heavy atom. The van der Waals surface area contributed by atoms with Crippen LogP contribution in [-0.4, -0.2) is 11.0 Å². The molecule has 0 atom stereocenters. The quantitative estimate of drug-likeness (QED) is 0.864. The van der Waals surface area contributed by atoms with Gasteiger partial charge in [-0.25, -0.2) is 9.78 Å². The number of nitrogens with zero attached hydrogens (tertiary/aromatic N) is 1. The van der Waals surface area contributed by atoms with Crippen LogP contribution in [0.3, 0.4) is 0 Å². The van der Waals surface area contributed by atoms with Crippen molar-refractivity contribution in [3.8, 4) is 0 Å². The van der Waals surface area contributed by atoms with Crippen molar-refractivity contribution < 1.29 is 9.53 Å². The number of nitrogen functional groups attached to an aromatic ring is 1. The molecular formula is C13H11ClN2O2. The highest BCUT2D eigenvalue weighted by molar-refractivity contribution is 6.30. The number of hydrogen-bond acceptors (Lipinski definition) is 4. The summed E-state index contributed by atoms with van der Waals surface area (Å²) in [6.07, 6.45) is 1.38. The molecule has 1 aromatic heterocycles. The van der Waals surface area contributed by atoms with Gasteiger partial charge in [0.15, 0.2) is 0 Å². The van der Waals surface area contributed by atoms with E-state index in [1.54, 1.807) is 30.3 Å². The molecule has 0 radical (unpaired) electrons. The summed E-state index contributed by atoms with van der Waals surface area (Å²) in [5.41, 5.74) is 6.63. The minimum atomic E-state index is -0.442. The topological polar surface area (TPSA) is 65.2 Å². The molecular weight excluding hydrogens is 252 g/mol. The molecule has 0 amide bonds. The zero-order valence-electron chi connectivity index (χ0n) is 9.47. The molecule has 0 saturated heterocycles. The summed E-state index contributed by atoms with van der Waals surface area (Å²) in [4.78, 5) is 15.5. The van der Waals surface area contributed by atoms with Crippen molar-refractivity contribution in [1.82, 2.24) is 4.98 Å². The molecule has 0 unspecified atom stereocenters. The Kier molecular flexibility index (Phi) is 3.79. The Morgan fingerprint density at radius 2 is 2.17 bits per heavy atom. The van der Waals surface area contributed by atoms with Crippen LogP contribution in [0.4, 0.5) is 5.82 Å². The first-order valence-corrected chi connectivity index (χ1v) is 5.66. The van der Waals surface area contributed by atoms with Gasteiger partial charge in [-0.1, -0.05) is 23.7 Å². The molecule has 0 bridgehead atoms. The number of carbonyl (C=O) groups is 1. The molecule has 2 N–H and O–H groups in total. The lowest BCUT2D eigenvalue weighted by atomic mass is 10.2. The van der Waals surface area contributed by atoms with Crippen molar-refractivity contribution in [2.75, 3.05) is 5.73 Å². The highest BCUT2D eigenvalue weighted by atomic mass is 35.5. The monoisotopic (exact) mass is 262 g/mol. The maximum Gasteiger partial charge on any atom is 0.340 e. The predicted molar refractivity (Wildman–Crippen MR) is 69.2 cm³/mol. The number of aromatic nitrogens is 1. The average molecular weight is 263 g/mol. The van der Waals surface area contributed by atoms with E-state index in [1.165, 1.54) is 6.20 Å². The summed E-state index contributed by atoms with van der Waals surface area (Å²) >= 11 is 5.83. The number of pyridine rings is 1. The van der Waals surface area contributed by atoms with Gasteiger partial charge >= 0.3 is 5.97 Å². The van der Waals surface area contributed by atoms with Crippen LogP contribution in [0.25, 0.3) is 0 Å². The van der Waals surface area contributed by atoms with E-state index in [4.69, 9.17) is 22.1 Å². The summed E-state index contributed by atoms with van der Waals surface area (Å²) in [6, 6.07) is 10.3. The van der Waals surface area contributed by atoms with Gasteiger partial charge in [0.25, 0.3) is 0 Å². The van der Waals surface area contributed by atoms with Crippen LogP contribution in [0.1, 0.15) is 15.9 Å². The van der Waals surface area contributed by atoms with Gasteiger partial charge in [-0.2, -0.15) is 0 Å². The largest absolute Gasteiger partial charge is 0.457 e. The molecule has 2 aromatic rings. The number of rotatable bonds is 3. The smallest absolute Gasteiger partial charge is 0.340 e. The van der Waals surface area contributed by atoms with Crippen molar-refractivity contribution in [3.63, 3.8) is 0 Å². The van der Waals surface area contributed by atoms with Gasteiger partial charge in [-0.3, -0.25) is 0 Å². The first-order chi connectivity index (χ1) is 8.65. The molecule has 92 valence electrons. The van der Waals surface area contributed by atoms with Crippen molar-refractivity contribution >= 4 is 23.4 Å². The lowest BCUT2D eigenvalue weighted by Gasteiger charge is -2.05. The van der Waals surface area contributed by atoms with Gasteiger partial charge in [0, 0.05) is 11.2 Å². The number of halogens is 1. The third-order valence-electron chi connectivity index (χ3n) is 2.28. The molecule has 1 heterocycles. The molecule has 1 aromatic carbocycles. The number of anilines is 1. The summed E-state index contributed by atoms with van der Waals surface area (Å²) in [7, 11) is 0. The summed E-state index contributed by atoms with van der Waals surface area (Å²) < 4.78 is 5.13. The fourth-order valence-electron chi connectivity index (χ4n) is 1.39. The fourth-order valence-corrected chi connectivity index (χ4v) is 1.60. The second-order valence-electron chi connectivity index (χ2n) is 3.68. The minimum Gasteiger partial charge on any atom is -0.457 e. The third-order valence-corrected chi connectivity index (χ3v) is 2.52. The Labute approximate surface area is 109 Å². The first kappa shape index (κ1) is 12.4. The van der Waals surface area contributed by atoms with Crippen LogP contribution in [0.2, 0.25) is 5.02 Å². The second-order valence-corrected chi connectivity index (χ2v) is 4.11. The molecule has 0 saturated carbocycles. The molecule has 0 aliphatic carbocycles. The standard InChI is InChI=1S/C13H11ClN2O2/c14-11-3-1-2-9(6-11)8-18-13(17)10-4-5-12(15)16-7-10/h1-7H,8H2,(H2,15,16). The number of benzene rings is 1. The van der Waals surface area contributed by atoms with E-state index < -0.39 is 5.97 Å². The summed E-state index contributed by atoms with van der Waals surface area (Å²) in [5.74, 6) is -0.0798. The number of nitrogens with two attached hydrogens (primary N) is 1. The number of carbonyl (C=O) groups excluding carboxylic acids is 1. The van der Waals surface area contributed by atoms with Gasteiger partial charge in [-0.15, -0.1) is 0 Å². The predicted octanol–water partition coefficient (Wildman–Crippen LogP) is 2.67. The lowest BCUT2D eigenvalue weighted by Crippen LogP contribution is -2.06. The Hall–Kier alpha value is -2.07. The van der Waals surface area contributed by atoms with E-state index in [0.717, 1.165) is 5.56 Å². The van der Waals surface area contributed by atoms with Crippen molar-refractivity contribution in [2.45, 2.75) is 6.61 Å². The maximum absolute atomic E-state index is 11.7. The molecule has 0 spiro atoms. The fraction of sp³-hybridized carbons (Fsp3) is 0.0769. The van der Waals surface area contributed by atoms with E-state index in [-0.39, 0.29) is 6.61 Å². The molecule has 5 heteroatoms. The molecule has 0 fully saturated rings. The van der Waals surface area contributed by atoms with Crippen molar-refractivity contribution in [1.29, 1.82) is 0 Å². The molecule has 0 aliphatic rings. The number of ether oxygens (including phenoxy) is 1. The van der Waals surface area contributed by atoms with Gasteiger partial charge < -0.3 is 10.5 Å². The zero-order chi connectivity index (χ0) is 13.0. The van der Waals surface area contributed by atoms with Crippen molar-refractivity contribution in [3.05, 3.63) is 58.7 Å².